The van der Waals surface area contributed by atoms with Gasteiger partial charge in [0.05, 0.1) is 0 Å². The van der Waals surface area contributed by atoms with Crippen molar-refractivity contribution in [3.8, 4) is 0 Å². The van der Waals surface area contributed by atoms with Crippen LogP contribution in [0.2, 0.25) is 0 Å². The van der Waals surface area contributed by atoms with E-state index in [2.05, 4.69) is 0 Å². The second-order valence-electron chi connectivity index (χ2n) is 6.24. The van der Waals surface area contributed by atoms with Gasteiger partial charge in [0.1, 0.15) is 0 Å². The number of rotatable bonds is 12. The van der Waals surface area contributed by atoms with Crippen molar-refractivity contribution in [1.82, 2.24) is 0 Å². The minimum absolute atomic E-state index is 0.149. The first-order valence-electron chi connectivity index (χ1n) is 8.27. The van der Waals surface area contributed by atoms with Crippen molar-refractivity contribution in [3.05, 3.63) is 35.4 Å². The second kappa shape index (κ2) is 10.1. The van der Waals surface area contributed by atoms with Crippen molar-refractivity contribution in [3.63, 3.8) is 0 Å². The standard InChI is InChI=1S/C18H24N2O6S2/c1-27-9-7-17(19,15(23)24)13(21)11-5-3-4-6-12(11)14(22)18(20,16(25)26)8-10-28-2/h3-6H,7-10,19-20H2,1-2H3,(H,23,24)(H,25,26). The summed E-state index contributed by atoms with van der Waals surface area (Å²) < 4.78 is 0. The van der Waals surface area contributed by atoms with Gasteiger partial charge in [-0.2, -0.15) is 23.5 Å². The predicted molar refractivity (Wildman–Crippen MR) is 110 cm³/mol. The summed E-state index contributed by atoms with van der Waals surface area (Å²) >= 11 is 2.65. The van der Waals surface area contributed by atoms with E-state index in [0.29, 0.717) is 11.5 Å². The number of carboxylic acids is 2. The quantitative estimate of drug-likeness (QED) is 0.280. The third-order valence-corrected chi connectivity index (χ3v) is 5.62. The van der Waals surface area contributed by atoms with E-state index in [9.17, 15) is 29.4 Å². The lowest BCUT2D eigenvalue weighted by molar-refractivity contribution is -0.142. The number of nitrogens with two attached hydrogens (primary N) is 2. The molecule has 154 valence electrons. The molecule has 0 fully saturated rings. The molecule has 0 saturated heterocycles. The van der Waals surface area contributed by atoms with Gasteiger partial charge in [0.15, 0.2) is 22.6 Å². The van der Waals surface area contributed by atoms with Gasteiger partial charge in [-0.1, -0.05) is 24.3 Å². The highest BCUT2D eigenvalue weighted by molar-refractivity contribution is 7.98. The SMILES string of the molecule is CSCCC(N)(C(=O)O)C(=O)c1ccccc1C(=O)C(N)(CCSC)C(=O)O. The number of benzene rings is 1. The fraction of sp³-hybridized carbons (Fsp3) is 0.444. The average molecular weight is 429 g/mol. The first kappa shape index (κ1) is 24.2. The van der Waals surface area contributed by atoms with E-state index in [1.54, 1.807) is 12.5 Å². The molecule has 0 radical (unpaired) electrons. The Labute approximate surface area is 171 Å². The van der Waals surface area contributed by atoms with Crippen LogP contribution in [0.3, 0.4) is 0 Å². The maximum absolute atomic E-state index is 13.0. The number of thioether (sulfide) groups is 2. The number of ketones is 2. The van der Waals surface area contributed by atoms with E-state index in [1.165, 1.54) is 47.8 Å². The van der Waals surface area contributed by atoms with Gasteiger partial charge in [-0.05, 0) is 36.9 Å². The van der Waals surface area contributed by atoms with Crippen LogP contribution in [-0.4, -0.2) is 68.8 Å². The Morgan fingerprint density at radius 1 is 0.821 bits per heavy atom. The van der Waals surface area contributed by atoms with E-state index in [4.69, 9.17) is 11.5 Å². The minimum Gasteiger partial charge on any atom is -0.480 e. The molecule has 0 aliphatic rings. The highest BCUT2D eigenvalue weighted by atomic mass is 32.2. The van der Waals surface area contributed by atoms with Crippen molar-refractivity contribution in [1.29, 1.82) is 0 Å². The number of carboxylic acid groups (broad SMARTS) is 2. The molecule has 0 bridgehead atoms. The van der Waals surface area contributed by atoms with Gasteiger partial charge in [-0.25, -0.2) is 9.59 Å². The molecule has 28 heavy (non-hydrogen) atoms. The molecule has 2 unspecified atom stereocenters. The maximum Gasteiger partial charge on any atom is 0.331 e. The van der Waals surface area contributed by atoms with Crippen LogP contribution in [0.4, 0.5) is 0 Å². The van der Waals surface area contributed by atoms with Crippen molar-refractivity contribution >= 4 is 47.0 Å². The maximum atomic E-state index is 13.0. The smallest absolute Gasteiger partial charge is 0.331 e. The van der Waals surface area contributed by atoms with Crippen LogP contribution in [0, 0.1) is 0 Å². The highest BCUT2D eigenvalue weighted by Crippen LogP contribution is 2.25. The summed E-state index contributed by atoms with van der Waals surface area (Å²) in [5.74, 6) is -4.34. The lowest BCUT2D eigenvalue weighted by atomic mass is 9.81. The Balaban J connectivity index is 3.47. The largest absolute Gasteiger partial charge is 0.480 e. The van der Waals surface area contributed by atoms with Gasteiger partial charge < -0.3 is 21.7 Å². The Kier molecular flexibility index (Phi) is 8.68. The van der Waals surface area contributed by atoms with E-state index in [1.807, 2.05) is 0 Å². The summed E-state index contributed by atoms with van der Waals surface area (Å²) in [6, 6.07) is 5.41. The molecule has 0 amide bonds. The third kappa shape index (κ3) is 4.93. The molecule has 0 spiro atoms. The highest BCUT2D eigenvalue weighted by Gasteiger charge is 2.47. The summed E-state index contributed by atoms with van der Waals surface area (Å²) in [5.41, 5.74) is 6.82. The number of carbonyl (C=O) groups is 4. The molecule has 8 nitrogen and oxygen atoms in total. The lowest BCUT2D eigenvalue weighted by Gasteiger charge is -2.26. The Morgan fingerprint density at radius 3 is 1.39 bits per heavy atom. The average Bonchev–Trinajstić information content (AvgIpc) is 2.68. The van der Waals surface area contributed by atoms with Crippen LogP contribution in [0.25, 0.3) is 0 Å². The third-order valence-electron chi connectivity index (χ3n) is 4.39. The summed E-state index contributed by atoms with van der Waals surface area (Å²) in [6.45, 7) is 0. The summed E-state index contributed by atoms with van der Waals surface area (Å²) in [6.07, 6.45) is 3.19. The molecule has 1 rings (SSSR count). The van der Waals surface area contributed by atoms with E-state index in [0.717, 1.165) is 0 Å². The zero-order chi connectivity index (χ0) is 21.5. The first-order chi connectivity index (χ1) is 13.1. The van der Waals surface area contributed by atoms with Crippen LogP contribution in [0.1, 0.15) is 33.6 Å². The van der Waals surface area contributed by atoms with Crippen molar-refractivity contribution in [2.45, 2.75) is 23.9 Å². The van der Waals surface area contributed by atoms with Gasteiger partial charge in [-0.3, -0.25) is 9.59 Å². The van der Waals surface area contributed by atoms with Crippen LogP contribution in [-0.2, 0) is 9.59 Å². The number of carbonyl (C=O) groups excluding carboxylic acids is 2. The number of aliphatic carboxylic acids is 2. The van der Waals surface area contributed by atoms with Gasteiger partial charge in [0.2, 0.25) is 0 Å². The molecule has 1 aromatic rings. The summed E-state index contributed by atoms with van der Waals surface area (Å²) in [7, 11) is 0. The summed E-state index contributed by atoms with van der Waals surface area (Å²) in [5, 5.41) is 19.0. The lowest BCUT2D eigenvalue weighted by Crippen LogP contribution is -2.57. The minimum atomic E-state index is -2.24. The molecule has 1 aromatic carbocycles. The fourth-order valence-corrected chi connectivity index (χ4v) is 3.57. The normalized spacial score (nSPS) is 15.3. The molecule has 0 saturated carbocycles. The molecular formula is C18H24N2O6S2. The van der Waals surface area contributed by atoms with Gasteiger partial charge >= 0.3 is 11.9 Å². The first-order valence-corrected chi connectivity index (χ1v) is 11.1. The molecule has 0 heterocycles. The Bertz CT molecular complexity index is 709. The molecular weight excluding hydrogens is 404 g/mol. The van der Waals surface area contributed by atoms with Crippen LogP contribution in [0.5, 0.6) is 0 Å². The van der Waals surface area contributed by atoms with E-state index >= 15 is 0 Å². The molecule has 0 aromatic heterocycles. The van der Waals surface area contributed by atoms with Crippen LogP contribution in [0.15, 0.2) is 24.3 Å². The van der Waals surface area contributed by atoms with E-state index < -0.39 is 34.6 Å². The Morgan fingerprint density at radius 2 is 1.14 bits per heavy atom. The van der Waals surface area contributed by atoms with Crippen LogP contribution < -0.4 is 11.5 Å². The van der Waals surface area contributed by atoms with E-state index in [-0.39, 0.29) is 24.0 Å². The number of Topliss-reactive ketones (excluding diaryl/α,β-unsaturated/α-hetero) is 2. The van der Waals surface area contributed by atoms with Crippen LogP contribution >= 0.6 is 23.5 Å². The van der Waals surface area contributed by atoms with Crippen molar-refractivity contribution in [2.75, 3.05) is 24.0 Å². The Hall–Kier alpha value is -1.88. The van der Waals surface area contributed by atoms with Crippen molar-refractivity contribution in [2.24, 2.45) is 11.5 Å². The monoisotopic (exact) mass is 428 g/mol. The van der Waals surface area contributed by atoms with Crippen molar-refractivity contribution < 1.29 is 29.4 Å². The topological polar surface area (TPSA) is 161 Å². The predicted octanol–water partition coefficient (Wildman–Crippen LogP) is 1.12. The number of hydrogen-bond acceptors (Lipinski definition) is 8. The number of hydrogen-bond donors (Lipinski definition) is 4. The molecule has 2 atom stereocenters. The van der Waals surface area contributed by atoms with Gasteiger partial charge in [0, 0.05) is 11.1 Å². The molecule has 6 N–H and O–H groups in total. The molecule has 0 aliphatic carbocycles. The fourth-order valence-electron chi connectivity index (χ4n) is 2.52. The molecule has 0 aliphatic heterocycles. The zero-order valence-electron chi connectivity index (χ0n) is 15.6. The second-order valence-corrected chi connectivity index (χ2v) is 8.21. The van der Waals surface area contributed by atoms with Gasteiger partial charge in [-0.15, -0.1) is 0 Å². The zero-order valence-corrected chi connectivity index (χ0v) is 17.3. The molecule has 10 heteroatoms. The summed E-state index contributed by atoms with van der Waals surface area (Å²) in [4.78, 5) is 49.4. The van der Waals surface area contributed by atoms with Gasteiger partial charge in [0.25, 0.3) is 0 Å².